The summed E-state index contributed by atoms with van der Waals surface area (Å²) in [5.74, 6) is -0.350. The van der Waals surface area contributed by atoms with Gasteiger partial charge in [0, 0.05) is 6.04 Å². The number of carbonyl (C=O) groups is 2. The summed E-state index contributed by atoms with van der Waals surface area (Å²) >= 11 is 0. The molecule has 18 heavy (non-hydrogen) atoms. The number of benzene rings is 1. The smallest absolute Gasteiger partial charge is 0.405 e. The van der Waals surface area contributed by atoms with E-state index >= 15 is 0 Å². The van der Waals surface area contributed by atoms with Gasteiger partial charge in [-0.05, 0) is 25.8 Å². The molecule has 98 valence electrons. The van der Waals surface area contributed by atoms with Crippen molar-refractivity contribution in [1.82, 2.24) is 5.32 Å². The average molecular weight is 250 g/mol. The van der Waals surface area contributed by atoms with Crippen LogP contribution in [0.3, 0.4) is 0 Å². The second-order valence-electron chi connectivity index (χ2n) is 4.18. The molecule has 5 nitrogen and oxygen atoms in total. The molecule has 0 aliphatic rings. The lowest BCUT2D eigenvalue weighted by Gasteiger charge is -2.17. The minimum absolute atomic E-state index is 0.0428. The highest BCUT2D eigenvalue weighted by Crippen LogP contribution is 2.03. The van der Waals surface area contributed by atoms with E-state index in [1.165, 1.54) is 6.92 Å². The Hall–Kier alpha value is -2.04. The summed E-state index contributed by atoms with van der Waals surface area (Å²) < 4.78 is 4.59. The predicted octanol–water partition coefficient (Wildman–Crippen LogP) is 1.22. The lowest BCUT2D eigenvalue weighted by atomic mass is 10.1. The molecular weight excluding hydrogens is 232 g/mol. The summed E-state index contributed by atoms with van der Waals surface area (Å²) in [5, 5.41) is 2.76. The molecule has 0 aliphatic carbocycles. The van der Waals surface area contributed by atoms with Gasteiger partial charge in [-0.25, -0.2) is 4.79 Å². The van der Waals surface area contributed by atoms with E-state index in [-0.39, 0.29) is 11.9 Å². The fourth-order valence-corrected chi connectivity index (χ4v) is 1.61. The third-order valence-corrected chi connectivity index (χ3v) is 2.44. The molecule has 1 aromatic rings. The molecule has 0 saturated heterocycles. The Morgan fingerprint density at radius 1 is 1.28 bits per heavy atom. The molecule has 3 N–H and O–H groups in total. The Bertz CT molecular complexity index is 406. The molecule has 2 amide bonds. The topological polar surface area (TPSA) is 81.4 Å². The first-order valence-corrected chi connectivity index (χ1v) is 5.79. The Morgan fingerprint density at radius 2 is 1.89 bits per heavy atom. The SMILES string of the molecule is CC(Cc1ccccc1)NC(=O)C(C)OC(N)=O. The van der Waals surface area contributed by atoms with Crippen LogP contribution < -0.4 is 11.1 Å². The predicted molar refractivity (Wildman–Crippen MR) is 67.9 cm³/mol. The van der Waals surface area contributed by atoms with Crippen LogP contribution in [-0.4, -0.2) is 24.1 Å². The molecule has 5 heteroatoms. The molecular formula is C13H18N2O3. The van der Waals surface area contributed by atoms with Crippen molar-refractivity contribution in [3.05, 3.63) is 35.9 Å². The number of amides is 2. The molecule has 2 atom stereocenters. The van der Waals surface area contributed by atoms with Gasteiger partial charge in [-0.1, -0.05) is 30.3 Å². The number of hydrogen-bond acceptors (Lipinski definition) is 3. The van der Waals surface area contributed by atoms with Crippen LogP contribution in [0.2, 0.25) is 0 Å². The highest BCUT2D eigenvalue weighted by Gasteiger charge is 2.17. The van der Waals surface area contributed by atoms with Gasteiger partial charge in [-0.3, -0.25) is 4.79 Å². The summed E-state index contributed by atoms with van der Waals surface area (Å²) in [7, 11) is 0. The number of rotatable bonds is 5. The number of carbonyl (C=O) groups excluding carboxylic acids is 2. The van der Waals surface area contributed by atoms with Crippen LogP contribution >= 0.6 is 0 Å². The maximum Gasteiger partial charge on any atom is 0.405 e. The van der Waals surface area contributed by atoms with Gasteiger partial charge in [-0.2, -0.15) is 0 Å². The monoisotopic (exact) mass is 250 g/mol. The van der Waals surface area contributed by atoms with E-state index in [1.807, 2.05) is 37.3 Å². The van der Waals surface area contributed by atoms with Crippen molar-refractivity contribution in [1.29, 1.82) is 0 Å². The summed E-state index contributed by atoms with van der Waals surface area (Å²) in [6, 6.07) is 9.78. The molecule has 0 aromatic heterocycles. The molecule has 0 bridgehead atoms. The van der Waals surface area contributed by atoms with Crippen LogP contribution in [0.4, 0.5) is 4.79 Å². The third-order valence-electron chi connectivity index (χ3n) is 2.44. The maximum atomic E-state index is 11.6. The minimum atomic E-state index is -0.951. The minimum Gasteiger partial charge on any atom is -0.437 e. The van der Waals surface area contributed by atoms with Gasteiger partial charge < -0.3 is 15.8 Å². The van der Waals surface area contributed by atoms with E-state index in [0.717, 1.165) is 12.0 Å². The Morgan fingerprint density at radius 3 is 2.44 bits per heavy atom. The first-order chi connectivity index (χ1) is 8.49. The van der Waals surface area contributed by atoms with Crippen molar-refractivity contribution < 1.29 is 14.3 Å². The first kappa shape index (κ1) is 14.0. The summed E-state index contributed by atoms with van der Waals surface area (Å²) in [6.07, 6.45) is -1.11. The third kappa shape index (κ3) is 4.86. The highest BCUT2D eigenvalue weighted by molar-refractivity contribution is 5.82. The normalized spacial score (nSPS) is 13.4. The van der Waals surface area contributed by atoms with E-state index < -0.39 is 12.2 Å². The van der Waals surface area contributed by atoms with E-state index in [2.05, 4.69) is 10.1 Å². The molecule has 0 aliphatic heterocycles. The number of hydrogen-bond donors (Lipinski definition) is 2. The fourth-order valence-electron chi connectivity index (χ4n) is 1.61. The van der Waals surface area contributed by atoms with Crippen LogP contribution in [0, 0.1) is 0 Å². The Kier molecular flexibility index (Phi) is 5.17. The largest absolute Gasteiger partial charge is 0.437 e. The molecule has 2 unspecified atom stereocenters. The zero-order valence-electron chi connectivity index (χ0n) is 10.6. The average Bonchev–Trinajstić information content (AvgIpc) is 2.29. The zero-order chi connectivity index (χ0) is 13.5. The Balaban J connectivity index is 2.42. The maximum absolute atomic E-state index is 11.6. The van der Waals surface area contributed by atoms with E-state index in [9.17, 15) is 9.59 Å². The zero-order valence-corrected chi connectivity index (χ0v) is 10.6. The molecule has 1 rings (SSSR count). The van der Waals surface area contributed by atoms with Crippen LogP contribution in [0.5, 0.6) is 0 Å². The molecule has 1 aromatic carbocycles. The Labute approximate surface area is 106 Å². The van der Waals surface area contributed by atoms with Crippen molar-refractivity contribution in [3.63, 3.8) is 0 Å². The van der Waals surface area contributed by atoms with Gasteiger partial charge in [0.15, 0.2) is 6.10 Å². The van der Waals surface area contributed by atoms with Crippen molar-refractivity contribution >= 4 is 12.0 Å². The van der Waals surface area contributed by atoms with Crippen LogP contribution in [-0.2, 0) is 16.0 Å². The molecule has 0 saturated carbocycles. The van der Waals surface area contributed by atoms with Gasteiger partial charge >= 0.3 is 6.09 Å². The van der Waals surface area contributed by atoms with Crippen molar-refractivity contribution in [2.75, 3.05) is 0 Å². The second-order valence-corrected chi connectivity index (χ2v) is 4.18. The van der Waals surface area contributed by atoms with Gasteiger partial charge in [0.2, 0.25) is 0 Å². The van der Waals surface area contributed by atoms with Gasteiger partial charge in [0.25, 0.3) is 5.91 Å². The van der Waals surface area contributed by atoms with E-state index in [4.69, 9.17) is 5.73 Å². The number of primary amides is 1. The number of nitrogens with one attached hydrogen (secondary N) is 1. The lowest BCUT2D eigenvalue weighted by molar-refractivity contribution is -0.129. The molecule has 0 fully saturated rings. The van der Waals surface area contributed by atoms with Gasteiger partial charge in [-0.15, -0.1) is 0 Å². The van der Waals surface area contributed by atoms with Crippen LogP contribution in [0.15, 0.2) is 30.3 Å². The highest BCUT2D eigenvalue weighted by atomic mass is 16.6. The van der Waals surface area contributed by atoms with E-state index in [1.54, 1.807) is 0 Å². The molecule has 0 spiro atoms. The standard InChI is InChI=1S/C13H18N2O3/c1-9(8-11-6-4-3-5-7-11)15-12(16)10(2)18-13(14)17/h3-7,9-10H,8H2,1-2H3,(H2,14,17)(H,15,16). The summed E-state index contributed by atoms with van der Waals surface area (Å²) in [5.41, 5.74) is 5.98. The lowest BCUT2D eigenvalue weighted by Crippen LogP contribution is -2.42. The molecule has 0 radical (unpaired) electrons. The second kappa shape index (κ2) is 6.64. The van der Waals surface area contributed by atoms with Gasteiger partial charge in [0.1, 0.15) is 0 Å². The fraction of sp³-hybridized carbons (Fsp3) is 0.385. The van der Waals surface area contributed by atoms with Crippen molar-refractivity contribution in [2.45, 2.75) is 32.4 Å². The van der Waals surface area contributed by atoms with Crippen molar-refractivity contribution in [2.24, 2.45) is 5.73 Å². The molecule has 0 heterocycles. The summed E-state index contributed by atoms with van der Waals surface area (Å²) in [6.45, 7) is 3.37. The number of ether oxygens (including phenoxy) is 1. The first-order valence-electron chi connectivity index (χ1n) is 5.79. The van der Waals surface area contributed by atoms with Crippen LogP contribution in [0.25, 0.3) is 0 Å². The van der Waals surface area contributed by atoms with Gasteiger partial charge in [0.05, 0.1) is 0 Å². The quantitative estimate of drug-likeness (QED) is 0.824. The van der Waals surface area contributed by atoms with Crippen LogP contribution in [0.1, 0.15) is 19.4 Å². The number of nitrogens with two attached hydrogens (primary N) is 1. The van der Waals surface area contributed by atoms with E-state index in [0.29, 0.717) is 0 Å². The van der Waals surface area contributed by atoms with Crippen molar-refractivity contribution in [3.8, 4) is 0 Å². The summed E-state index contributed by atoms with van der Waals surface area (Å²) in [4.78, 5) is 22.1.